The number of aliphatic hydroxyl groups excluding tert-OH is 1. The Morgan fingerprint density at radius 3 is 3.00 bits per heavy atom. The Bertz CT molecular complexity index is 476. The topological polar surface area (TPSA) is 84.6 Å². The van der Waals surface area contributed by atoms with Crippen LogP contribution in [0.15, 0.2) is 18.2 Å². The molecule has 2 rings (SSSR count). The van der Waals surface area contributed by atoms with Crippen molar-refractivity contribution < 1.29 is 14.6 Å². The van der Waals surface area contributed by atoms with Crippen molar-refractivity contribution in [3.63, 3.8) is 0 Å². The van der Waals surface area contributed by atoms with E-state index in [1.54, 1.807) is 18.2 Å². The summed E-state index contributed by atoms with van der Waals surface area (Å²) < 4.78 is 5.18. The largest absolute Gasteiger partial charge is 0.496 e. The average Bonchev–Trinajstić information content (AvgIpc) is 2.44. The molecule has 2 atom stereocenters. The van der Waals surface area contributed by atoms with E-state index in [0.29, 0.717) is 29.5 Å². The number of hydrogen-bond donors (Lipinski definition) is 3. The van der Waals surface area contributed by atoms with Gasteiger partial charge in [0.15, 0.2) is 0 Å². The summed E-state index contributed by atoms with van der Waals surface area (Å²) in [6.45, 7) is 0.563. The zero-order valence-electron chi connectivity index (χ0n) is 11.8. The van der Waals surface area contributed by atoms with Crippen molar-refractivity contribution in [2.75, 3.05) is 19.4 Å². The molecule has 1 aliphatic carbocycles. The van der Waals surface area contributed by atoms with Gasteiger partial charge in [-0.25, -0.2) is 0 Å². The van der Waals surface area contributed by atoms with Crippen LogP contribution >= 0.6 is 0 Å². The number of hydrogen-bond acceptors (Lipinski definition) is 4. The third kappa shape index (κ3) is 3.42. The second kappa shape index (κ2) is 6.61. The smallest absolute Gasteiger partial charge is 0.257 e. The lowest BCUT2D eigenvalue weighted by molar-refractivity contribution is 0.0872. The number of nitrogens with two attached hydrogens (primary N) is 1. The Morgan fingerprint density at radius 1 is 1.50 bits per heavy atom. The molecule has 20 heavy (non-hydrogen) atoms. The SMILES string of the molecule is COc1cccc(N)c1C(=O)NCC1CCCC(O)C1. The van der Waals surface area contributed by atoms with Gasteiger partial charge in [0.05, 0.1) is 13.2 Å². The molecule has 1 aliphatic rings. The molecule has 1 amide bonds. The predicted molar refractivity (Wildman–Crippen MR) is 77.7 cm³/mol. The number of carbonyl (C=O) groups is 1. The zero-order chi connectivity index (χ0) is 14.5. The molecule has 110 valence electrons. The van der Waals surface area contributed by atoms with Crippen LogP contribution in [0.1, 0.15) is 36.0 Å². The molecule has 4 N–H and O–H groups in total. The van der Waals surface area contributed by atoms with Crippen molar-refractivity contribution in [3.05, 3.63) is 23.8 Å². The van der Waals surface area contributed by atoms with E-state index in [9.17, 15) is 9.90 Å². The molecular weight excluding hydrogens is 256 g/mol. The molecule has 0 aromatic heterocycles. The highest BCUT2D eigenvalue weighted by molar-refractivity contribution is 6.01. The van der Waals surface area contributed by atoms with Gasteiger partial charge in [-0.05, 0) is 37.3 Å². The van der Waals surface area contributed by atoms with Gasteiger partial charge in [-0.1, -0.05) is 12.5 Å². The molecule has 0 bridgehead atoms. The van der Waals surface area contributed by atoms with Crippen LogP contribution < -0.4 is 15.8 Å². The van der Waals surface area contributed by atoms with Gasteiger partial charge in [0, 0.05) is 12.2 Å². The summed E-state index contributed by atoms with van der Waals surface area (Å²) in [6, 6.07) is 5.15. The lowest BCUT2D eigenvalue weighted by Crippen LogP contribution is -2.33. The van der Waals surface area contributed by atoms with Crippen molar-refractivity contribution in [1.29, 1.82) is 0 Å². The number of nitrogens with one attached hydrogen (secondary N) is 1. The van der Waals surface area contributed by atoms with Crippen LogP contribution in [-0.4, -0.2) is 30.8 Å². The number of nitrogen functional groups attached to an aromatic ring is 1. The number of anilines is 1. The molecule has 1 saturated carbocycles. The number of ether oxygens (including phenoxy) is 1. The van der Waals surface area contributed by atoms with E-state index in [1.165, 1.54) is 7.11 Å². The van der Waals surface area contributed by atoms with Gasteiger partial charge >= 0.3 is 0 Å². The maximum atomic E-state index is 12.2. The Morgan fingerprint density at radius 2 is 2.30 bits per heavy atom. The van der Waals surface area contributed by atoms with Crippen molar-refractivity contribution in [3.8, 4) is 5.75 Å². The molecule has 1 aromatic carbocycles. The first kappa shape index (κ1) is 14.7. The number of carbonyl (C=O) groups excluding carboxylic acids is 1. The average molecular weight is 278 g/mol. The van der Waals surface area contributed by atoms with E-state index < -0.39 is 0 Å². The molecule has 2 unspecified atom stereocenters. The first-order valence-corrected chi connectivity index (χ1v) is 7.00. The zero-order valence-corrected chi connectivity index (χ0v) is 11.8. The van der Waals surface area contributed by atoms with Crippen molar-refractivity contribution in [2.24, 2.45) is 5.92 Å². The van der Waals surface area contributed by atoms with Gasteiger partial charge in [-0.3, -0.25) is 4.79 Å². The molecular formula is C15H22N2O3. The maximum Gasteiger partial charge on any atom is 0.257 e. The number of methoxy groups -OCH3 is 1. The molecule has 1 aromatic rings. The van der Waals surface area contributed by atoms with E-state index >= 15 is 0 Å². The molecule has 5 nitrogen and oxygen atoms in total. The lowest BCUT2D eigenvalue weighted by Gasteiger charge is -2.26. The fraction of sp³-hybridized carbons (Fsp3) is 0.533. The summed E-state index contributed by atoms with van der Waals surface area (Å²) >= 11 is 0. The van der Waals surface area contributed by atoms with Gasteiger partial charge < -0.3 is 20.9 Å². The minimum atomic E-state index is -0.234. The molecule has 0 heterocycles. The predicted octanol–water partition coefficient (Wildman–Crippen LogP) is 1.56. The van der Waals surface area contributed by atoms with Crippen molar-refractivity contribution >= 4 is 11.6 Å². The lowest BCUT2D eigenvalue weighted by atomic mass is 9.87. The minimum absolute atomic E-state index is 0.222. The third-order valence-electron chi connectivity index (χ3n) is 3.81. The summed E-state index contributed by atoms with van der Waals surface area (Å²) in [5.41, 5.74) is 6.64. The van der Waals surface area contributed by atoms with Gasteiger partial charge in [-0.15, -0.1) is 0 Å². The minimum Gasteiger partial charge on any atom is -0.496 e. The van der Waals surface area contributed by atoms with E-state index in [4.69, 9.17) is 10.5 Å². The quantitative estimate of drug-likeness (QED) is 0.730. The second-order valence-corrected chi connectivity index (χ2v) is 5.32. The van der Waals surface area contributed by atoms with Gasteiger partial charge in [0.25, 0.3) is 5.91 Å². The standard InChI is InChI=1S/C15H22N2O3/c1-20-13-7-3-6-12(16)14(13)15(19)17-9-10-4-2-5-11(18)8-10/h3,6-7,10-11,18H,2,4-5,8-9,16H2,1H3,(H,17,19). The van der Waals surface area contributed by atoms with Crippen molar-refractivity contribution in [1.82, 2.24) is 5.32 Å². The van der Waals surface area contributed by atoms with Crippen LogP contribution in [0.4, 0.5) is 5.69 Å². The fourth-order valence-electron chi connectivity index (χ4n) is 2.73. The summed E-state index contributed by atoms with van der Waals surface area (Å²) in [5, 5.41) is 12.5. The summed E-state index contributed by atoms with van der Waals surface area (Å²) in [4.78, 5) is 12.2. The Hall–Kier alpha value is -1.75. The fourth-order valence-corrected chi connectivity index (χ4v) is 2.73. The van der Waals surface area contributed by atoms with Crippen LogP contribution in [0, 0.1) is 5.92 Å². The van der Waals surface area contributed by atoms with E-state index in [-0.39, 0.29) is 12.0 Å². The molecule has 0 spiro atoms. The number of amides is 1. The maximum absolute atomic E-state index is 12.2. The van der Waals surface area contributed by atoms with E-state index in [2.05, 4.69) is 5.32 Å². The highest BCUT2D eigenvalue weighted by Gasteiger charge is 2.22. The van der Waals surface area contributed by atoms with E-state index in [1.807, 2.05) is 0 Å². The van der Waals surface area contributed by atoms with Gasteiger partial charge in [0.1, 0.15) is 11.3 Å². The second-order valence-electron chi connectivity index (χ2n) is 5.32. The molecule has 1 fully saturated rings. The number of aliphatic hydroxyl groups is 1. The summed E-state index contributed by atoms with van der Waals surface area (Å²) in [6.07, 6.45) is 3.44. The summed E-state index contributed by atoms with van der Waals surface area (Å²) in [7, 11) is 1.52. The Labute approximate surface area is 119 Å². The van der Waals surface area contributed by atoms with Crippen LogP contribution in [-0.2, 0) is 0 Å². The van der Waals surface area contributed by atoms with Crippen LogP contribution in [0.2, 0.25) is 0 Å². The molecule has 0 aliphatic heterocycles. The molecule has 0 radical (unpaired) electrons. The normalized spacial score (nSPS) is 22.3. The van der Waals surface area contributed by atoms with Crippen LogP contribution in [0.3, 0.4) is 0 Å². The highest BCUT2D eigenvalue weighted by atomic mass is 16.5. The van der Waals surface area contributed by atoms with Gasteiger partial charge in [0.2, 0.25) is 0 Å². The monoisotopic (exact) mass is 278 g/mol. The third-order valence-corrected chi connectivity index (χ3v) is 3.81. The Balaban J connectivity index is 1.98. The Kier molecular flexibility index (Phi) is 4.84. The first-order chi connectivity index (χ1) is 9.61. The number of rotatable bonds is 4. The molecule has 0 saturated heterocycles. The van der Waals surface area contributed by atoms with Crippen LogP contribution in [0.25, 0.3) is 0 Å². The first-order valence-electron chi connectivity index (χ1n) is 7.00. The van der Waals surface area contributed by atoms with E-state index in [0.717, 1.165) is 25.7 Å². The van der Waals surface area contributed by atoms with Crippen LogP contribution in [0.5, 0.6) is 5.75 Å². The highest BCUT2D eigenvalue weighted by Crippen LogP contribution is 2.25. The number of benzene rings is 1. The van der Waals surface area contributed by atoms with Crippen molar-refractivity contribution in [2.45, 2.75) is 31.8 Å². The summed E-state index contributed by atoms with van der Waals surface area (Å²) in [5.74, 6) is 0.588. The molecule has 5 heteroatoms. The van der Waals surface area contributed by atoms with Gasteiger partial charge in [-0.2, -0.15) is 0 Å².